The maximum atomic E-state index is 12.2. The van der Waals surface area contributed by atoms with Gasteiger partial charge in [-0.05, 0) is 37.3 Å². The van der Waals surface area contributed by atoms with Gasteiger partial charge in [-0.15, -0.1) is 0 Å². The lowest BCUT2D eigenvalue weighted by Gasteiger charge is -2.14. The highest BCUT2D eigenvalue weighted by atomic mass is 16.5. The van der Waals surface area contributed by atoms with E-state index in [1.807, 2.05) is 20.8 Å². The van der Waals surface area contributed by atoms with E-state index in [1.165, 1.54) is 6.21 Å². The van der Waals surface area contributed by atoms with Crippen LogP contribution in [0.1, 0.15) is 60.0 Å². The van der Waals surface area contributed by atoms with E-state index in [4.69, 9.17) is 9.15 Å². The molecule has 0 saturated carbocycles. The van der Waals surface area contributed by atoms with Crippen molar-refractivity contribution in [1.82, 2.24) is 15.6 Å². The number of esters is 1. The summed E-state index contributed by atoms with van der Waals surface area (Å²) in [5.74, 6) is 0.301. The summed E-state index contributed by atoms with van der Waals surface area (Å²) in [7, 11) is 0. The number of hydrazone groups is 1. The number of benzene rings is 1. The van der Waals surface area contributed by atoms with Gasteiger partial charge in [0.1, 0.15) is 11.5 Å². The summed E-state index contributed by atoms with van der Waals surface area (Å²) in [6.45, 7) is 8.17. The van der Waals surface area contributed by atoms with Gasteiger partial charge in [-0.1, -0.05) is 32.9 Å². The molecule has 0 aliphatic rings. The van der Waals surface area contributed by atoms with Gasteiger partial charge in [-0.25, -0.2) is 10.2 Å². The van der Waals surface area contributed by atoms with E-state index in [2.05, 4.69) is 20.7 Å². The Balaban J connectivity index is 1.61. The fourth-order valence-corrected chi connectivity index (χ4v) is 2.60. The number of hydrogen-bond donors (Lipinski definition) is 2. The molecule has 156 valence electrons. The molecule has 1 aromatic carbocycles. The lowest BCUT2D eigenvalue weighted by atomic mass is 9.92. The van der Waals surface area contributed by atoms with Crippen molar-refractivity contribution in [2.45, 2.75) is 33.1 Å². The van der Waals surface area contributed by atoms with Crippen molar-refractivity contribution in [3.05, 3.63) is 65.2 Å². The minimum Gasteiger partial charge on any atom is -0.462 e. The van der Waals surface area contributed by atoms with E-state index in [-0.39, 0.29) is 17.1 Å². The number of nitrogens with zero attached hydrogens (tertiary/aromatic N) is 2. The number of carbonyl (C=O) groups is 2. The first-order chi connectivity index (χ1) is 14.3. The molecule has 0 fully saturated rings. The zero-order chi connectivity index (χ0) is 21.7. The van der Waals surface area contributed by atoms with Gasteiger partial charge >= 0.3 is 5.97 Å². The topological polar surface area (TPSA) is 110 Å². The Morgan fingerprint density at radius 1 is 1.20 bits per heavy atom. The Bertz CT molecular complexity index is 1060. The Labute approximate surface area is 174 Å². The fraction of sp³-hybridized carbons (Fsp3) is 0.273. The number of nitrogens with one attached hydrogen (secondary N) is 2. The van der Waals surface area contributed by atoms with Crippen LogP contribution < -0.4 is 5.43 Å². The fourth-order valence-electron chi connectivity index (χ4n) is 2.60. The van der Waals surface area contributed by atoms with Crippen molar-refractivity contribution >= 4 is 18.1 Å². The van der Waals surface area contributed by atoms with Crippen molar-refractivity contribution in [1.29, 1.82) is 0 Å². The van der Waals surface area contributed by atoms with Crippen LogP contribution in [0.4, 0.5) is 0 Å². The highest BCUT2D eigenvalue weighted by molar-refractivity contribution is 5.93. The molecule has 0 unspecified atom stereocenters. The van der Waals surface area contributed by atoms with Gasteiger partial charge in [0, 0.05) is 16.7 Å². The molecule has 0 spiro atoms. The van der Waals surface area contributed by atoms with Crippen molar-refractivity contribution in [3.63, 3.8) is 0 Å². The van der Waals surface area contributed by atoms with Crippen LogP contribution in [0.3, 0.4) is 0 Å². The molecule has 0 atom stereocenters. The van der Waals surface area contributed by atoms with Crippen LogP contribution in [0, 0.1) is 0 Å². The molecule has 0 saturated heterocycles. The number of ether oxygens (including phenoxy) is 1. The Morgan fingerprint density at radius 2 is 1.93 bits per heavy atom. The summed E-state index contributed by atoms with van der Waals surface area (Å²) in [4.78, 5) is 23.9. The van der Waals surface area contributed by atoms with Crippen molar-refractivity contribution < 1.29 is 18.7 Å². The second kappa shape index (κ2) is 8.77. The van der Waals surface area contributed by atoms with Crippen molar-refractivity contribution in [2.24, 2.45) is 5.10 Å². The molecular weight excluding hydrogens is 384 g/mol. The first kappa shape index (κ1) is 21.0. The molecule has 2 aromatic heterocycles. The van der Waals surface area contributed by atoms with E-state index in [1.54, 1.807) is 49.4 Å². The Hall–Kier alpha value is -3.68. The number of aromatic nitrogens is 2. The molecule has 3 aromatic rings. The van der Waals surface area contributed by atoms with Gasteiger partial charge < -0.3 is 9.15 Å². The predicted octanol–water partition coefficient (Wildman–Crippen LogP) is 3.91. The number of H-pyrrole nitrogens is 1. The van der Waals surface area contributed by atoms with Gasteiger partial charge in [0.25, 0.3) is 5.91 Å². The van der Waals surface area contributed by atoms with Crippen LogP contribution in [-0.4, -0.2) is 34.9 Å². The molecular formula is C22H24N4O4. The second-order valence-corrected chi connectivity index (χ2v) is 7.62. The second-order valence-electron chi connectivity index (χ2n) is 7.62. The number of furan rings is 1. The summed E-state index contributed by atoms with van der Waals surface area (Å²) in [5, 5.41) is 10.8. The van der Waals surface area contributed by atoms with Crippen LogP contribution in [0.25, 0.3) is 11.3 Å². The number of aromatic amines is 1. The molecule has 3 rings (SSSR count). The quantitative estimate of drug-likeness (QED) is 0.365. The molecule has 0 aliphatic heterocycles. The first-order valence-electron chi connectivity index (χ1n) is 9.54. The highest BCUT2D eigenvalue weighted by Crippen LogP contribution is 2.22. The Kier molecular flexibility index (Phi) is 6.15. The van der Waals surface area contributed by atoms with E-state index in [0.29, 0.717) is 23.7 Å². The van der Waals surface area contributed by atoms with Crippen LogP contribution >= 0.6 is 0 Å². The molecule has 2 heterocycles. The summed E-state index contributed by atoms with van der Waals surface area (Å²) in [6.07, 6.45) is 1.41. The zero-order valence-corrected chi connectivity index (χ0v) is 17.4. The van der Waals surface area contributed by atoms with E-state index in [0.717, 1.165) is 11.3 Å². The highest BCUT2D eigenvalue weighted by Gasteiger charge is 2.19. The van der Waals surface area contributed by atoms with Gasteiger partial charge in [-0.2, -0.15) is 10.2 Å². The summed E-state index contributed by atoms with van der Waals surface area (Å²) in [5.41, 5.74) is 4.70. The number of hydrogen-bond acceptors (Lipinski definition) is 6. The smallest absolute Gasteiger partial charge is 0.338 e. The summed E-state index contributed by atoms with van der Waals surface area (Å²) < 4.78 is 10.7. The minimum absolute atomic E-state index is 0.131. The molecule has 1 amide bonds. The molecule has 0 aliphatic carbocycles. The van der Waals surface area contributed by atoms with Crippen LogP contribution in [0.5, 0.6) is 0 Å². The number of carbonyl (C=O) groups excluding carboxylic acids is 2. The van der Waals surface area contributed by atoms with Gasteiger partial charge in [-0.3, -0.25) is 9.89 Å². The number of amides is 1. The zero-order valence-electron chi connectivity index (χ0n) is 17.4. The largest absolute Gasteiger partial charge is 0.462 e. The lowest BCUT2D eigenvalue weighted by molar-refractivity contribution is 0.0526. The van der Waals surface area contributed by atoms with Gasteiger partial charge in [0.05, 0.1) is 18.4 Å². The van der Waals surface area contributed by atoms with E-state index >= 15 is 0 Å². The standard InChI is InChI=1S/C22H24N4O4/c1-5-29-21(28)15-8-6-14(7-9-15)18-11-10-16(30-18)13-23-26-20(27)17-12-19(25-24-17)22(2,3)4/h6-13H,5H2,1-4H3,(H,24,25)(H,26,27)/b23-13+. The first-order valence-corrected chi connectivity index (χ1v) is 9.54. The van der Waals surface area contributed by atoms with Crippen molar-refractivity contribution in [3.8, 4) is 11.3 Å². The molecule has 2 N–H and O–H groups in total. The van der Waals surface area contributed by atoms with E-state index < -0.39 is 5.91 Å². The average molecular weight is 408 g/mol. The maximum absolute atomic E-state index is 12.2. The molecule has 0 bridgehead atoms. The molecule has 0 radical (unpaired) electrons. The molecule has 8 heteroatoms. The predicted molar refractivity (Wildman–Crippen MR) is 112 cm³/mol. The molecule has 8 nitrogen and oxygen atoms in total. The van der Waals surface area contributed by atoms with Crippen LogP contribution in [0.15, 0.2) is 52.0 Å². The molecule has 30 heavy (non-hydrogen) atoms. The van der Waals surface area contributed by atoms with Crippen LogP contribution in [-0.2, 0) is 10.2 Å². The third-order valence-corrected chi connectivity index (χ3v) is 4.28. The minimum atomic E-state index is -0.417. The third-order valence-electron chi connectivity index (χ3n) is 4.28. The number of rotatable bonds is 6. The van der Waals surface area contributed by atoms with E-state index in [9.17, 15) is 9.59 Å². The normalized spacial score (nSPS) is 11.6. The lowest BCUT2D eigenvalue weighted by Crippen LogP contribution is -2.18. The average Bonchev–Trinajstić information content (AvgIpc) is 3.38. The third kappa shape index (κ3) is 5.02. The SMILES string of the molecule is CCOC(=O)c1ccc(-c2ccc(/C=N/NC(=O)c3cc(C(C)(C)C)[nH]n3)o2)cc1. The van der Waals surface area contributed by atoms with Crippen molar-refractivity contribution in [2.75, 3.05) is 6.61 Å². The monoisotopic (exact) mass is 408 g/mol. The Morgan fingerprint density at radius 3 is 2.57 bits per heavy atom. The maximum Gasteiger partial charge on any atom is 0.338 e. The van der Waals surface area contributed by atoms with Crippen LogP contribution in [0.2, 0.25) is 0 Å². The summed E-state index contributed by atoms with van der Waals surface area (Å²) in [6, 6.07) is 12.1. The summed E-state index contributed by atoms with van der Waals surface area (Å²) >= 11 is 0. The van der Waals surface area contributed by atoms with Gasteiger partial charge in [0.2, 0.25) is 0 Å². The van der Waals surface area contributed by atoms with Gasteiger partial charge in [0.15, 0.2) is 5.69 Å².